The Hall–Kier alpha value is -2.70. The van der Waals surface area contributed by atoms with E-state index < -0.39 is 0 Å². The molecule has 0 aliphatic carbocycles. The fourth-order valence-corrected chi connectivity index (χ4v) is 3.32. The van der Waals surface area contributed by atoms with Gasteiger partial charge in [-0.25, -0.2) is 4.39 Å². The number of benzene rings is 1. The lowest BCUT2D eigenvalue weighted by atomic mass is 10.0. The Morgan fingerprint density at radius 2 is 2.00 bits per heavy atom. The molecule has 3 heterocycles. The predicted octanol–water partition coefficient (Wildman–Crippen LogP) is 2.88. The van der Waals surface area contributed by atoms with Crippen molar-refractivity contribution in [3.8, 4) is 11.1 Å². The van der Waals surface area contributed by atoms with Gasteiger partial charge in [-0.1, -0.05) is 6.07 Å². The van der Waals surface area contributed by atoms with Gasteiger partial charge in [0.2, 0.25) is 0 Å². The van der Waals surface area contributed by atoms with Gasteiger partial charge in [0, 0.05) is 53.9 Å². The second-order valence-corrected chi connectivity index (χ2v) is 6.70. The third-order valence-electron chi connectivity index (χ3n) is 4.72. The normalized spacial score (nSPS) is 15.1. The van der Waals surface area contributed by atoms with Gasteiger partial charge in [0.15, 0.2) is 5.78 Å². The fraction of sp³-hybridized carbons (Fsp3) is 0.286. The van der Waals surface area contributed by atoms with E-state index in [2.05, 4.69) is 14.9 Å². The second-order valence-electron chi connectivity index (χ2n) is 6.70. The van der Waals surface area contributed by atoms with Crippen LogP contribution in [0.5, 0.6) is 0 Å². The first-order chi connectivity index (χ1) is 13.2. The van der Waals surface area contributed by atoms with E-state index in [0.29, 0.717) is 36.4 Å². The molecule has 0 bridgehead atoms. The number of carbonyl (C=O) groups excluding carboxylic acids is 1. The molecule has 0 N–H and O–H groups in total. The third-order valence-corrected chi connectivity index (χ3v) is 4.72. The summed E-state index contributed by atoms with van der Waals surface area (Å²) < 4.78 is 19.8. The van der Waals surface area contributed by atoms with E-state index in [1.807, 2.05) is 12.1 Å². The first kappa shape index (κ1) is 17.7. The van der Waals surface area contributed by atoms with Crippen LogP contribution >= 0.6 is 0 Å². The van der Waals surface area contributed by atoms with Gasteiger partial charge in [-0.3, -0.25) is 19.7 Å². The third kappa shape index (κ3) is 4.18. The van der Waals surface area contributed by atoms with E-state index >= 15 is 0 Å². The fourth-order valence-electron chi connectivity index (χ4n) is 3.32. The molecule has 5 nitrogen and oxygen atoms in total. The van der Waals surface area contributed by atoms with Crippen molar-refractivity contribution in [2.75, 3.05) is 32.8 Å². The van der Waals surface area contributed by atoms with E-state index in [0.717, 1.165) is 24.0 Å². The van der Waals surface area contributed by atoms with E-state index in [4.69, 9.17) is 4.74 Å². The summed E-state index contributed by atoms with van der Waals surface area (Å²) >= 11 is 0. The van der Waals surface area contributed by atoms with Crippen LogP contribution in [0.1, 0.15) is 5.69 Å². The SMILES string of the molecule is O=C(Cc1cc2cc(-c3cccnc3)c(F)cc2cn1)CN1CCOCC1. The molecule has 6 heteroatoms. The van der Waals surface area contributed by atoms with Gasteiger partial charge in [-0.2, -0.15) is 0 Å². The van der Waals surface area contributed by atoms with E-state index in [-0.39, 0.29) is 18.0 Å². The Labute approximate surface area is 156 Å². The van der Waals surface area contributed by atoms with Crippen LogP contribution in [0, 0.1) is 5.82 Å². The average molecular weight is 365 g/mol. The van der Waals surface area contributed by atoms with Crippen molar-refractivity contribution >= 4 is 16.6 Å². The molecule has 0 radical (unpaired) electrons. The van der Waals surface area contributed by atoms with Crippen LogP contribution in [0.2, 0.25) is 0 Å². The molecule has 0 saturated carbocycles. The Kier molecular flexibility index (Phi) is 5.18. The van der Waals surface area contributed by atoms with Crippen molar-refractivity contribution < 1.29 is 13.9 Å². The number of ether oxygens (including phenoxy) is 1. The van der Waals surface area contributed by atoms with Crippen LogP contribution in [0.25, 0.3) is 21.9 Å². The van der Waals surface area contributed by atoms with E-state index in [1.54, 1.807) is 30.7 Å². The summed E-state index contributed by atoms with van der Waals surface area (Å²) in [4.78, 5) is 22.9. The average Bonchev–Trinajstić information content (AvgIpc) is 2.69. The highest BCUT2D eigenvalue weighted by Gasteiger charge is 2.15. The number of morpholine rings is 1. The molecule has 2 aromatic heterocycles. The van der Waals surface area contributed by atoms with Crippen LogP contribution in [0.4, 0.5) is 4.39 Å². The molecule has 4 rings (SSSR count). The molecular weight excluding hydrogens is 345 g/mol. The lowest BCUT2D eigenvalue weighted by molar-refractivity contribution is -0.120. The van der Waals surface area contributed by atoms with Crippen LogP contribution < -0.4 is 0 Å². The van der Waals surface area contributed by atoms with Gasteiger partial charge >= 0.3 is 0 Å². The number of hydrogen-bond donors (Lipinski definition) is 0. The van der Waals surface area contributed by atoms with Gasteiger partial charge in [-0.05, 0) is 29.7 Å². The lowest BCUT2D eigenvalue weighted by Gasteiger charge is -2.25. The highest BCUT2D eigenvalue weighted by atomic mass is 19.1. The number of halogens is 1. The number of pyridine rings is 2. The first-order valence-electron chi connectivity index (χ1n) is 8.99. The van der Waals surface area contributed by atoms with Crippen LogP contribution in [0.3, 0.4) is 0 Å². The van der Waals surface area contributed by atoms with Crippen LogP contribution in [-0.2, 0) is 16.0 Å². The molecule has 27 heavy (non-hydrogen) atoms. The van der Waals surface area contributed by atoms with Gasteiger partial charge in [0.1, 0.15) is 5.82 Å². The van der Waals surface area contributed by atoms with Crippen LogP contribution in [0.15, 0.2) is 48.9 Å². The van der Waals surface area contributed by atoms with Gasteiger partial charge in [-0.15, -0.1) is 0 Å². The highest BCUT2D eigenvalue weighted by molar-refractivity contribution is 5.88. The molecular formula is C21H20FN3O2. The summed E-state index contributed by atoms with van der Waals surface area (Å²) in [5, 5.41) is 1.57. The van der Waals surface area contributed by atoms with Crippen LogP contribution in [-0.4, -0.2) is 53.5 Å². The number of ketones is 1. The van der Waals surface area contributed by atoms with Crippen molar-refractivity contribution in [3.05, 3.63) is 60.4 Å². The minimum atomic E-state index is -0.312. The Morgan fingerprint density at radius 3 is 2.78 bits per heavy atom. The molecule has 0 spiro atoms. The molecule has 0 unspecified atom stereocenters. The first-order valence-corrected chi connectivity index (χ1v) is 8.99. The number of nitrogens with zero attached hydrogens (tertiary/aromatic N) is 3. The molecule has 3 aromatic rings. The molecule has 1 saturated heterocycles. The standard InChI is InChI=1S/C21H20FN3O2/c22-21-10-17-13-24-18(11-19(26)14-25-4-6-27-7-5-25)8-16(17)9-20(21)15-2-1-3-23-12-15/h1-3,8-10,12-13H,4-7,11,14H2. The van der Waals surface area contributed by atoms with Crippen molar-refractivity contribution in [3.63, 3.8) is 0 Å². The van der Waals surface area contributed by atoms with Gasteiger partial charge < -0.3 is 4.74 Å². The molecule has 0 amide bonds. The van der Waals surface area contributed by atoms with Gasteiger partial charge in [0.25, 0.3) is 0 Å². The Bertz CT molecular complexity index is 956. The summed E-state index contributed by atoms with van der Waals surface area (Å²) in [6.45, 7) is 3.32. The number of aromatic nitrogens is 2. The van der Waals surface area contributed by atoms with Crippen molar-refractivity contribution in [2.45, 2.75) is 6.42 Å². The van der Waals surface area contributed by atoms with E-state index in [1.165, 1.54) is 6.07 Å². The molecule has 1 aliphatic rings. The highest BCUT2D eigenvalue weighted by Crippen LogP contribution is 2.27. The second kappa shape index (κ2) is 7.90. The maximum absolute atomic E-state index is 14.5. The van der Waals surface area contributed by atoms with Crippen molar-refractivity contribution in [1.82, 2.24) is 14.9 Å². The summed E-state index contributed by atoms with van der Waals surface area (Å²) in [5.74, 6) is -0.188. The lowest BCUT2D eigenvalue weighted by Crippen LogP contribution is -2.39. The zero-order valence-corrected chi connectivity index (χ0v) is 14.9. The predicted molar refractivity (Wildman–Crippen MR) is 101 cm³/mol. The summed E-state index contributed by atoms with van der Waals surface area (Å²) in [6.07, 6.45) is 5.19. The maximum atomic E-state index is 14.5. The minimum absolute atomic E-state index is 0.123. The zero-order valence-electron chi connectivity index (χ0n) is 14.9. The number of rotatable bonds is 5. The zero-order chi connectivity index (χ0) is 18.6. The topological polar surface area (TPSA) is 55.3 Å². The summed E-state index contributed by atoms with van der Waals surface area (Å²) in [6, 6.07) is 8.74. The number of Topliss-reactive ketones (excluding diaryl/α,β-unsaturated/α-hetero) is 1. The molecule has 0 atom stereocenters. The number of carbonyl (C=O) groups is 1. The maximum Gasteiger partial charge on any atom is 0.152 e. The quantitative estimate of drug-likeness (QED) is 0.696. The largest absolute Gasteiger partial charge is 0.379 e. The number of fused-ring (bicyclic) bond motifs is 1. The minimum Gasteiger partial charge on any atom is -0.379 e. The summed E-state index contributed by atoms with van der Waals surface area (Å²) in [5.41, 5.74) is 1.91. The number of hydrogen-bond acceptors (Lipinski definition) is 5. The Balaban J connectivity index is 1.56. The monoisotopic (exact) mass is 365 g/mol. The van der Waals surface area contributed by atoms with Crippen molar-refractivity contribution in [1.29, 1.82) is 0 Å². The molecule has 1 aliphatic heterocycles. The van der Waals surface area contributed by atoms with Gasteiger partial charge in [0.05, 0.1) is 26.2 Å². The molecule has 1 aromatic carbocycles. The van der Waals surface area contributed by atoms with E-state index in [9.17, 15) is 9.18 Å². The Morgan fingerprint density at radius 1 is 1.15 bits per heavy atom. The molecule has 138 valence electrons. The summed E-state index contributed by atoms with van der Waals surface area (Å²) in [7, 11) is 0. The molecule has 1 fully saturated rings. The smallest absolute Gasteiger partial charge is 0.152 e. The van der Waals surface area contributed by atoms with Crippen molar-refractivity contribution in [2.24, 2.45) is 0 Å².